The molecule has 0 heterocycles. The van der Waals surface area contributed by atoms with Gasteiger partial charge >= 0.3 is 0 Å². The molecule has 0 fully saturated rings. The van der Waals surface area contributed by atoms with E-state index in [4.69, 9.17) is 4.74 Å². The summed E-state index contributed by atoms with van der Waals surface area (Å²) in [5, 5.41) is 0. The van der Waals surface area contributed by atoms with Crippen molar-refractivity contribution in [1.29, 1.82) is 0 Å². The van der Waals surface area contributed by atoms with Crippen LogP contribution in [0.3, 0.4) is 0 Å². The zero-order valence-electron chi connectivity index (χ0n) is 13.2. The number of halogens is 1. The van der Waals surface area contributed by atoms with Gasteiger partial charge in [0.2, 0.25) is 0 Å². The minimum atomic E-state index is 0.210. The quantitative estimate of drug-likeness (QED) is 0.615. The van der Waals surface area contributed by atoms with Gasteiger partial charge in [-0.25, -0.2) is 0 Å². The lowest BCUT2D eigenvalue weighted by molar-refractivity contribution is 0.414. The standard InChI is InChI=1S/C19H23BrO/c1-5-19(2,3)16-10-6-14(7-11-16)18(20)15-8-12-17(21-4)13-9-15/h6-13,18H,5H2,1-4H3. The van der Waals surface area contributed by atoms with E-state index in [9.17, 15) is 0 Å². The summed E-state index contributed by atoms with van der Waals surface area (Å²) in [6.45, 7) is 6.81. The van der Waals surface area contributed by atoms with Gasteiger partial charge in [0.25, 0.3) is 0 Å². The molecular formula is C19H23BrO. The second-order valence-electron chi connectivity index (χ2n) is 6.00. The smallest absolute Gasteiger partial charge is 0.118 e. The number of hydrogen-bond acceptors (Lipinski definition) is 1. The molecule has 2 heteroatoms. The predicted molar refractivity (Wildman–Crippen MR) is 93.5 cm³/mol. The van der Waals surface area contributed by atoms with Crippen LogP contribution < -0.4 is 4.74 Å². The van der Waals surface area contributed by atoms with Crippen LogP contribution in [-0.2, 0) is 5.41 Å². The van der Waals surface area contributed by atoms with Crippen molar-refractivity contribution in [2.24, 2.45) is 0 Å². The van der Waals surface area contributed by atoms with Gasteiger partial charge in [0, 0.05) is 0 Å². The molecule has 1 unspecified atom stereocenters. The normalized spacial score (nSPS) is 13.0. The molecule has 0 radical (unpaired) electrons. The number of methoxy groups -OCH3 is 1. The van der Waals surface area contributed by atoms with Crippen molar-refractivity contribution in [2.45, 2.75) is 37.4 Å². The van der Waals surface area contributed by atoms with Gasteiger partial charge < -0.3 is 4.74 Å². The lowest BCUT2D eigenvalue weighted by atomic mass is 9.82. The zero-order valence-corrected chi connectivity index (χ0v) is 14.8. The molecule has 0 N–H and O–H groups in total. The third-order valence-corrected chi connectivity index (χ3v) is 5.33. The van der Waals surface area contributed by atoms with Crippen molar-refractivity contribution < 1.29 is 4.74 Å². The summed E-state index contributed by atoms with van der Waals surface area (Å²) in [5.74, 6) is 0.887. The fourth-order valence-electron chi connectivity index (χ4n) is 2.27. The fourth-order valence-corrected chi connectivity index (χ4v) is 2.88. The molecule has 2 aromatic rings. The number of hydrogen-bond donors (Lipinski definition) is 0. The van der Waals surface area contributed by atoms with Crippen LogP contribution in [0.15, 0.2) is 48.5 Å². The van der Waals surface area contributed by atoms with Crippen LogP contribution in [0, 0.1) is 0 Å². The Labute approximate surface area is 136 Å². The molecule has 0 spiro atoms. The van der Waals surface area contributed by atoms with Crippen LogP contribution in [0.25, 0.3) is 0 Å². The highest BCUT2D eigenvalue weighted by molar-refractivity contribution is 9.09. The van der Waals surface area contributed by atoms with Crippen LogP contribution in [-0.4, -0.2) is 7.11 Å². The van der Waals surface area contributed by atoms with Gasteiger partial charge in [0.1, 0.15) is 5.75 Å². The average Bonchev–Trinajstić information content (AvgIpc) is 2.54. The minimum absolute atomic E-state index is 0.210. The maximum absolute atomic E-state index is 5.20. The highest BCUT2D eigenvalue weighted by Crippen LogP contribution is 2.34. The molecule has 2 aromatic carbocycles. The van der Waals surface area contributed by atoms with Crippen molar-refractivity contribution in [3.63, 3.8) is 0 Å². The van der Waals surface area contributed by atoms with E-state index in [0.717, 1.165) is 12.2 Å². The van der Waals surface area contributed by atoms with Gasteiger partial charge in [-0.05, 0) is 40.7 Å². The van der Waals surface area contributed by atoms with Crippen molar-refractivity contribution in [3.05, 3.63) is 65.2 Å². The molecule has 0 aliphatic heterocycles. The molecule has 0 aliphatic rings. The number of ether oxygens (including phenoxy) is 1. The molecule has 0 saturated heterocycles. The Balaban J connectivity index is 2.21. The highest BCUT2D eigenvalue weighted by Gasteiger charge is 2.18. The Morgan fingerprint density at radius 2 is 1.43 bits per heavy atom. The first kappa shape index (κ1) is 16.1. The van der Waals surface area contributed by atoms with Crippen molar-refractivity contribution in [3.8, 4) is 5.75 Å². The molecule has 0 aliphatic carbocycles. The zero-order chi connectivity index (χ0) is 15.5. The van der Waals surface area contributed by atoms with E-state index in [0.29, 0.717) is 0 Å². The predicted octanol–water partition coefficient (Wildman–Crippen LogP) is 5.87. The van der Waals surface area contributed by atoms with E-state index in [1.807, 2.05) is 12.1 Å². The maximum Gasteiger partial charge on any atom is 0.118 e. The van der Waals surface area contributed by atoms with Crippen molar-refractivity contribution in [1.82, 2.24) is 0 Å². The largest absolute Gasteiger partial charge is 0.497 e. The van der Waals surface area contributed by atoms with Crippen LogP contribution >= 0.6 is 15.9 Å². The molecule has 21 heavy (non-hydrogen) atoms. The molecule has 0 aromatic heterocycles. The summed E-state index contributed by atoms with van der Waals surface area (Å²) >= 11 is 3.79. The molecule has 0 saturated carbocycles. The molecule has 2 rings (SSSR count). The van der Waals surface area contributed by atoms with E-state index in [2.05, 4.69) is 73.1 Å². The van der Waals surface area contributed by atoms with Gasteiger partial charge in [0.15, 0.2) is 0 Å². The second-order valence-corrected chi connectivity index (χ2v) is 6.91. The number of alkyl halides is 1. The monoisotopic (exact) mass is 346 g/mol. The summed E-state index contributed by atoms with van der Waals surface area (Å²) in [4.78, 5) is 0.210. The lowest BCUT2D eigenvalue weighted by Crippen LogP contribution is -2.15. The lowest BCUT2D eigenvalue weighted by Gasteiger charge is -2.24. The summed E-state index contributed by atoms with van der Waals surface area (Å²) in [6, 6.07) is 17.1. The van der Waals surface area contributed by atoms with Crippen LogP contribution in [0.5, 0.6) is 5.75 Å². The van der Waals surface area contributed by atoms with Gasteiger partial charge in [-0.2, -0.15) is 0 Å². The number of benzene rings is 2. The van der Waals surface area contributed by atoms with Gasteiger partial charge in [-0.3, -0.25) is 0 Å². The second kappa shape index (κ2) is 6.65. The van der Waals surface area contributed by atoms with E-state index in [1.165, 1.54) is 16.7 Å². The maximum atomic E-state index is 5.20. The highest BCUT2D eigenvalue weighted by atomic mass is 79.9. The summed E-state index contributed by atoms with van der Waals surface area (Å²) in [5.41, 5.74) is 4.14. The summed E-state index contributed by atoms with van der Waals surface area (Å²) in [6.07, 6.45) is 1.14. The Kier molecular flexibility index (Phi) is 5.10. The Bertz CT molecular complexity index is 570. The fraction of sp³-hybridized carbons (Fsp3) is 0.368. The number of rotatable bonds is 5. The average molecular weight is 347 g/mol. The third-order valence-electron chi connectivity index (χ3n) is 4.28. The molecule has 1 atom stereocenters. The van der Waals surface area contributed by atoms with Crippen LogP contribution in [0.1, 0.15) is 48.7 Å². The van der Waals surface area contributed by atoms with Gasteiger partial charge in [-0.1, -0.05) is 73.1 Å². The van der Waals surface area contributed by atoms with Crippen molar-refractivity contribution >= 4 is 15.9 Å². The third kappa shape index (κ3) is 3.68. The van der Waals surface area contributed by atoms with Crippen molar-refractivity contribution in [2.75, 3.05) is 7.11 Å². The molecular weight excluding hydrogens is 324 g/mol. The molecule has 0 bridgehead atoms. The Morgan fingerprint density at radius 3 is 1.86 bits per heavy atom. The first-order valence-corrected chi connectivity index (χ1v) is 8.28. The first-order chi connectivity index (χ1) is 9.97. The first-order valence-electron chi connectivity index (χ1n) is 7.36. The van der Waals surface area contributed by atoms with E-state index >= 15 is 0 Å². The van der Waals surface area contributed by atoms with E-state index in [-0.39, 0.29) is 10.2 Å². The molecule has 0 amide bonds. The SMILES string of the molecule is CCC(C)(C)c1ccc(C(Br)c2ccc(OC)cc2)cc1. The van der Waals surface area contributed by atoms with E-state index in [1.54, 1.807) is 7.11 Å². The minimum Gasteiger partial charge on any atom is -0.497 e. The van der Waals surface area contributed by atoms with Crippen LogP contribution in [0.4, 0.5) is 0 Å². The topological polar surface area (TPSA) is 9.23 Å². The summed E-state index contributed by atoms with van der Waals surface area (Å²) in [7, 11) is 1.69. The molecule has 1 nitrogen and oxygen atoms in total. The van der Waals surface area contributed by atoms with E-state index < -0.39 is 0 Å². The van der Waals surface area contributed by atoms with Gasteiger partial charge in [0.05, 0.1) is 11.9 Å². The molecule has 112 valence electrons. The Hall–Kier alpha value is -1.28. The van der Waals surface area contributed by atoms with Crippen LogP contribution in [0.2, 0.25) is 0 Å². The summed E-state index contributed by atoms with van der Waals surface area (Å²) < 4.78 is 5.20. The van der Waals surface area contributed by atoms with Gasteiger partial charge in [-0.15, -0.1) is 0 Å². The Morgan fingerprint density at radius 1 is 0.952 bits per heavy atom.